The van der Waals surface area contributed by atoms with Gasteiger partial charge in [0.15, 0.2) is 0 Å². The number of carbonyl (C=O) groups is 2. The van der Waals surface area contributed by atoms with Gasteiger partial charge in [-0.2, -0.15) is 0 Å². The Hall–Kier alpha value is -1.30. The maximum Gasteiger partial charge on any atom is 0.249 e. The molecule has 4 heterocycles. The minimum atomic E-state index is -0.491. The van der Waals surface area contributed by atoms with Crippen molar-refractivity contribution in [3.8, 4) is 0 Å². The molecule has 0 aromatic rings. The van der Waals surface area contributed by atoms with Gasteiger partial charge in [0, 0.05) is 38.6 Å². The molecule has 0 aromatic heterocycles. The van der Waals surface area contributed by atoms with E-state index in [1.54, 1.807) is 14.2 Å². The lowest BCUT2D eigenvalue weighted by Gasteiger charge is -2.53. The number of nitrogens with one attached hydrogen (secondary N) is 1. The molecule has 0 radical (unpaired) electrons. The maximum atomic E-state index is 14.2. The minimum absolute atomic E-state index is 0.0182. The monoisotopic (exact) mass is 562 g/mol. The largest absolute Gasteiger partial charge is 0.379 e. The Morgan fingerprint density at radius 3 is 2.65 bits per heavy atom. The first-order chi connectivity index (χ1) is 19.5. The second-order valence-corrected chi connectivity index (χ2v) is 13.5. The molecular weight excluding hydrogens is 514 g/mol. The van der Waals surface area contributed by atoms with Crippen molar-refractivity contribution in [2.75, 3.05) is 27.6 Å². The van der Waals surface area contributed by atoms with Crippen molar-refractivity contribution in [2.24, 2.45) is 23.7 Å². The zero-order valence-electron chi connectivity index (χ0n) is 24.2. The molecule has 3 N–H and O–H groups in total. The van der Waals surface area contributed by atoms with Crippen LogP contribution in [0, 0.1) is 23.7 Å². The van der Waals surface area contributed by atoms with Crippen molar-refractivity contribution in [3.05, 3.63) is 0 Å². The molecule has 3 saturated carbocycles. The van der Waals surface area contributed by atoms with E-state index in [9.17, 15) is 9.59 Å². The van der Waals surface area contributed by atoms with Gasteiger partial charge in [-0.1, -0.05) is 0 Å². The number of methoxy groups -OCH3 is 2. The van der Waals surface area contributed by atoms with E-state index in [0.29, 0.717) is 42.5 Å². The van der Waals surface area contributed by atoms with Gasteiger partial charge in [-0.3, -0.25) is 9.59 Å². The highest BCUT2D eigenvalue weighted by molar-refractivity contribution is 5.83. The lowest BCUT2D eigenvalue weighted by molar-refractivity contribution is -0.713. The van der Waals surface area contributed by atoms with Crippen molar-refractivity contribution in [3.63, 3.8) is 0 Å². The van der Waals surface area contributed by atoms with Crippen LogP contribution in [0.25, 0.3) is 0 Å². The Kier molecular flexibility index (Phi) is 7.62. The lowest BCUT2D eigenvalue weighted by atomic mass is 9.64. The minimum Gasteiger partial charge on any atom is -0.379 e. The molecule has 3 aliphatic carbocycles. The predicted octanol–water partition coefficient (Wildman–Crippen LogP) is 0.572. The van der Waals surface area contributed by atoms with E-state index in [1.807, 2.05) is 6.92 Å². The Morgan fingerprint density at radius 1 is 0.975 bits per heavy atom. The summed E-state index contributed by atoms with van der Waals surface area (Å²) in [4.78, 5) is 29.7. The molecule has 14 atom stereocenters. The van der Waals surface area contributed by atoms with Crippen LogP contribution in [0.3, 0.4) is 0 Å². The molecular formula is C30H48N3O7+. The van der Waals surface area contributed by atoms with Gasteiger partial charge in [0.25, 0.3) is 0 Å². The number of fused-ring (bicyclic) bond motifs is 6. The number of nitrogens with zero attached hydrogens (tertiary/aromatic N) is 1. The number of nitrogens with two attached hydrogens (primary N) is 1. The van der Waals surface area contributed by atoms with E-state index in [-0.39, 0.29) is 54.4 Å². The van der Waals surface area contributed by atoms with E-state index in [4.69, 9.17) is 23.7 Å². The van der Waals surface area contributed by atoms with Gasteiger partial charge in [-0.05, 0) is 70.1 Å². The number of piperidine rings is 2. The summed E-state index contributed by atoms with van der Waals surface area (Å²) in [6, 6.07) is 1.13. The molecule has 7 fully saturated rings. The number of hydrogen-bond donors (Lipinski definition) is 2. The highest BCUT2D eigenvalue weighted by atomic mass is 16.7. The van der Waals surface area contributed by atoms with Crippen LogP contribution >= 0.6 is 0 Å². The maximum absolute atomic E-state index is 14.2. The lowest BCUT2D eigenvalue weighted by Crippen LogP contribution is -2.99. The van der Waals surface area contributed by atoms with E-state index in [1.165, 1.54) is 0 Å². The quantitative estimate of drug-likeness (QED) is 0.487. The molecule has 224 valence electrons. The average molecular weight is 563 g/mol. The summed E-state index contributed by atoms with van der Waals surface area (Å²) in [6.07, 6.45) is 8.18. The average Bonchev–Trinajstić information content (AvgIpc) is 3.57. The first-order valence-electron chi connectivity index (χ1n) is 15.9. The molecule has 4 aliphatic heterocycles. The number of ether oxygens (including phenoxy) is 5. The fourth-order valence-corrected chi connectivity index (χ4v) is 10.1. The van der Waals surface area contributed by atoms with Gasteiger partial charge in [0.1, 0.15) is 18.9 Å². The zero-order valence-corrected chi connectivity index (χ0v) is 24.2. The van der Waals surface area contributed by atoms with Crippen molar-refractivity contribution in [2.45, 2.75) is 126 Å². The molecule has 2 amide bonds. The number of rotatable bonds is 6. The van der Waals surface area contributed by atoms with E-state index in [0.717, 1.165) is 64.3 Å². The van der Waals surface area contributed by atoms with Gasteiger partial charge in [0.2, 0.25) is 11.8 Å². The topological polar surface area (TPSA) is 112 Å². The third-order valence-corrected chi connectivity index (χ3v) is 11.8. The molecule has 10 heteroatoms. The molecule has 4 saturated heterocycles. The van der Waals surface area contributed by atoms with Crippen LogP contribution in [0.1, 0.15) is 64.7 Å². The summed E-state index contributed by atoms with van der Waals surface area (Å²) < 4.78 is 29.5. The van der Waals surface area contributed by atoms with E-state index < -0.39 is 6.10 Å². The number of amides is 2. The van der Waals surface area contributed by atoms with Crippen LogP contribution in [0.4, 0.5) is 0 Å². The van der Waals surface area contributed by atoms with Crippen LogP contribution < -0.4 is 10.6 Å². The molecule has 10 nitrogen and oxygen atoms in total. The Balaban J connectivity index is 1.01. The second-order valence-electron chi connectivity index (χ2n) is 13.5. The van der Waals surface area contributed by atoms with Crippen LogP contribution in [0.15, 0.2) is 0 Å². The summed E-state index contributed by atoms with van der Waals surface area (Å²) in [5, 5.41) is 5.75. The molecule has 0 spiro atoms. The SMILES string of the molecule is COC1CCC2C3[NH2+]CCC4C5CC(O[C@H](C)C(=O)NC6CCC7OCOC7C6)CCC5N(C(=O)C2C1OC)C43. The first kappa shape index (κ1) is 27.5. The summed E-state index contributed by atoms with van der Waals surface area (Å²) in [7, 11) is 3.48. The third-order valence-electron chi connectivity index (χ3n) is 11.8. The smallest absolute Gasteiger partial charge is 0.249 e. The van der Waals surface area contributed by atoms with Crippen LogP contribution in [-0.2, 0) is 33.3 Å². The van der Waals surface area contributed by atoms with Gasteiger partial charge in [-0.25, -0.2) is 0 Å². The molecule has 13 unspecified atom stereocenters. The first-order valence-corrected chi connectivity index (χ1v) is 15.9. The Labute approximate surface area is 237 Å². The molecule has 0 aromatic carbocycles. The van der Waals surface area contributed by atoms with Gasteiger partial charge >= 0.3 is 0 Å². The van der Waals surface area contributed by atoms with Crippen LogP contribution in [0.5, 0.6) is 0 Å². The highest BCUT2D eigenvalue weighted by Gasteiger charge is 2.66. The molecule has 7 aliphatic rings. The third kappa shape index (κ3) is 4.52. The van der Waals surface area contributed by atoms with E-state index >= 15 is 0 Å². The number of quaternary nitrogens is 1. The fraction of sp³-hybridized carbons (Fsp3) is 0.933. The standard InChI is InChI=1S/C30H47N3O7/c1-15(29(34)32-16-4-8-22-24(12-16)39-14-38-22)40-17-5-7-21-20(13-17)18-10-11-31-26-19-6-9-23(36-2)28(37-3)25(19)30(35)33(21)27(18)26/h15-28,31H,4-14H2,1-3H3,(H,32,34)/p+1/t15-,16?,17?,18?,19?,20?,21?,22?,23?,24?,25?,26?,27?,28?/m1/s1. The van der Waals surface area contributed by atoms with E-state index in [2.05, 4.69) is 15.5 Å². The second kappa shape index (κ2) is 11.1. The molecule has 7 rings (SSSR count). The number of hydrogen-bond acceptors (Lipinski definition) is 7. The van der Waals surface area contributed by atoms with Crippen molar-refractivity contribution < 1.29 is 38.6 Å². The Morgan fingerprint density at radius 2 is 1.82 bits per heavy atom. The van der Waals surface area contributed by atoms with Crippen molar-refractivity contribution in [1.29, 1.82) is 0 Å². The zero-order chi connectivity index (χ0) is 27.5. The van der Waals surface area contributed by atoms with Gasteiger partial charge < -0.3 is 39.2 Å². The number of carbonyl (C=O) groups excluding carboxylic acids is 2. The predicted molar refractivity (Wildman–Crippen MR) is 143 cm³/mol. The van der Waals surface area contributed by atoms with Gasteiger partial charge in [-0.15, -0.1) is 0 Å². The van der Waals surface area contributed by atoms with Gasteiger partial charge in [0.05, 0.1) is 49.0 Å². The summed E-state index contributed by atoms with van der Waals surface area (Å²) >= 11 is 0. The normalized spacial score (nSPS) is 48.5. The summed E-state index contributed by atoms with van der Waals surface area (Å²) in [5.74, 6) is 1.45. The van der Waals surface area contributed by atoms with Crippen LogP contribution in [-0.4, -0.2) is 105 Å². The Bertz CT molecular complexity index is 968. The fourth-order valence-electron chi connectivity index (χ4n) is 10.1. The van der Waals surface area contributed by atoms with Crippen molar-refractivity contribution in [1.82, 2.24) is 10.2 Å². The highest BCUT2D eigenvalue weighted by Crippen LogP contribution is 2.53. The van der Waals surface area contributed by atoms with Crippen molar-refractivity contribution >= 4 is 11.8 Å². The van der Waals surface area contributed by atoms with Crippen LogP contribution in [0.2, 0.25) is 0 Å². The summed E-state index contributed by atoms with van der Waals surface area (Å²) in [6.45, 7) is 3.37. The molecule has 0 bridgehead atoms. The summed E-state index contributed by atoms with van der Waals surface area (Å²) in [5.41, 5.74) is 0. The molecule has 40 heavy (non-hydrogen) atoms.